The zero-order chi connectivity index (χ0) is 23.1. The van der Waals surface area contributed by atoms with Crippen LogP contribution in [-0.4, -0.2) is 14.5 Å². The van der Waals surface area contributed by atoms with Crippen LogP contribution in [0.25, 0.3) is 17.1 Å². The highest BCUT2D eigenvalue weighted by molar-refractivity contribution is 5.72. The molecule has 3 rings (SSSR count). The number of nitro benzene ring substituents is 1. The molecule has 0 atom stereocenters. The van der Waals surface area contributed by atoms with Crippen molar-refractivity contribution in [2.24, 2.45) is 0 Å². The number of hydrogen-bond acceptors (Lipinski definition) is 5. The Morgan fingerprint density at radius 1 is 0.968 bits per heavy atom. The molecule has 2 N–H and O–H groups in total. The second kappa shape index (κ2) is 7.41. The van der Waals surface area contributed by atoms with E-state index in [2.05, 4.69) is 4.98 Å². The van der Waals surface area contributed by atoms with Gasteiger partial charge in [0.1, 0.15) is 5.69 Å². The predicted octanol–water partition coefficient (Wildman–Crippen LogP) is 4.43. The number of nitrogens with zero attached hydrogens (tertiary/aromatic N) is 3. The van der Waals surface area contributed by atoms with Crippen molar-refractivity contribution >= 4 is 11.4 Å². The van der Waals surface area contributed by atoms with Crippen LogP contribution in [-0.2, 0) is 12.4 Å². The van der Waals surface area contributed by atoms with Gasteiger partial charge >= 0.3 is 12.4 Å². The number of nitrogens with two attached hydrogens (primary N) is 1. The molecule has 7 nitrogen and oxygen atoms in total. The van der Waals surface area contributed by atoms with Crippen LogP contribution in [0.3, 0.4) is 0 Å². The maximum absolute atomic E-state index is 13.4. The second-order valence-corrected chi connectivity index (χ2v) is 6.16. The first-order chi connectivity index (χ1) is 14.3. The summed E-state index contributed by atoms with van der Waals surface area (Å²) in [6, 6.07) is 8.10. The molecule has 13 heteroatoms. The fourth-order valence-electron chi connectivity index (χ4n) is 2.80. The summed E-state index contributed by atoms with van der Waals surface area (Å²) in [5.41, 5.74) is -2.51. The van der Waals surface area contributed by atoms with Gasteiger partial charge in [-0.1, -0.05) is 18.2 Å². The maximum atomic E-state index is 13.4. The van der Waals surface area contributed by atoms with E-state index < -0.39 is 56.9 Å². The van der Waals surface area contributed by atoms with Gasteiger partial charge in [0.15, 0.2) is 11.5 Å². The molecule has 0 saturated carbocycles. The predicted molar refractivity (Wildman–Crippen MR) is 96.3 cm³/mol. The zero-order valence-corrected chi connectivity index (χ0v) is 15.0. The number of halogens is 6. The van der Waals surface area contributed by atoms with E-state index in [1.165, 1.54) is 30.3 Å². The maximum Gasteiger partial charge on any atom is 0.435 e. The summed E-state index contributed by atoms with van der Waals surface area (Å²) >= 11 is 0. The van der Waals surface area contributed by atoms with Crippen LogP contribution in [0, 0.1) is 10.1 Å². The number of rotatable bonds is 3. The van der Waals surface area contributed by atoms with Crippen LogP contribution in [0.15, 0.2) is 53.3 Å². The topological polar surface area (TPSA) is 104 Å². The third-order valence-corrected chi connectivity index (χ3v) is 4.16. The van der Waals surface area contributed by atoms with Gasteiger partial charge in [-0.25, -0.2) is 4.98 Å². The van der Waals surface area contributed by atoms with E-state index in [0.717, 1.165) is 0 Å². The highest BCUT2D eigenvalue weighted by atomic mass is 19.4. The van der Waals surface area contributed by atoms with Gasteiger partial charge in [0.2, 0.25) is 0 Å². The van der Waals surface area contributed by atoms with Crippen molar-refractivity contribution in [1.29, 1.82) is 0 Å². The van der Waals surface area contributed by atoms with Crippen molar-refractivity contribution in [2.75, 3.05) is 5.73 Å². The normalized spacial score (nSPS) is 12.1. The van der Waals surface area contributed by atoms with E-state index in [0.29, 0.717) is 16.7 Å². The second-order valence-electron chi connectivity index (χ2n) is 6.16. The van der Waals surface area contributed by atoms with Crippen molar-refractivity contribution in [2.45, 2.75) is 12.4 Å². The molecule has 0 radical (unpaired) electrons. The van der Waals surface area contributed by atoms with E-state index in [4.69, 9.17) is 5.73 Å². The lowest BCUT2D eigenvalue weighted by molar-refractivity contribution is -0.384. The molecule has 0 fully saturated rings. The van der Waals surface area contributed by atoms with Crippen molar-refractivity contribution in [1.82, 2.24) is 9.55 Å². The van der Waals surface area contributed by atoms with E-state index in [1.807, 2.05) is 0 Å². The van der Waals surface area contributed by atoms with Crippen molar-refractivity contribution in [3.63, 3.8) is 0 Å². The minimum absolute atomic E-state index is 0.0513. The van der Waals surface area contributed by atoms with Crippen molar-refractivity contribution < 1.29 is 31.3 Å². The highest BCUT2D eigenvalue weighted by Gasteiger charge is 2.39. The molecule has 0 bridgehead atoms. The molecule has 0 saturated heterocycles. The van der Waals surface area contributed by atoms with Crippen molar-refractivity contribution in [3.05, 3.63) is 80.3 Å². The van der Waals surface area contributed by atoms with Gasteiger partial charge in [-0.15, -0.1) is 0 Å². The summed E-state index contributed by atoms with van der Waals surface area (Å²) in [6.45, 7) is 0. The molecule has 0 aliphatic heterocycles. The zero-order valence-electron chi connectivity index (χ0n) is 15.0. The van der Waals surface area contributed by atoms with Gasteiger partial charge in [-0.05, 0) is 24.3 Å². The number of alkyl halides is 6. The number of nitro groups is 1. The Morgan fingerprint density at radius 3 is 2.10 bits per heavy atom. The lowest BCUT2D eigenvalue weighted by atomic mass is 10.1. The third-order valence-electron chi connectivity index (χ3n) is 4.16. The smallest absolute Gasteiger partial charge is 0.392 e. The largest absolute Gasteiger partial charge is 0.435 e. The highest BCUT2D eigenvalue weighted by Crippen LogP contribution is 2.38. The summed E-state index contributed by atoms with van der Waals surface area (Å²) in [5, 5.41) is 11.4. The van der Waals surface area contributed by atoms with E-state index in [-0.39, 0.29) is 11.8 Å². The first kappa shape index (κ1) is 21.8. The number of aromatic nitrogens is 2. The summed E-state index contributed by atoms with van der Waals surface area (Å²) in [5.74, 6) is -0.891. The first-order valence-corrected chi connectivity index (χ1v) is 8.23. The molecule has 0 aliphatic rings. The molecule has 2 aromatic carbocycles. The van der Waals surface area contributed by atoms with Gasteiger partial charge in [0.25, 0.3) is 11.2 Å². The van der Waals surface area contributed by atoms with E-state index >= 15 is 0 Å². The van der Waals surface area contributed by atoms with Gasteiger partial charge in [0, 0.05) is 6.07 Å². The molecular weight excluding hydrogens is 434 g/mol. The Labute approximate surface area is 168 Å². The number of hydrogen-bond donors (Lipinski definition) is 1. The number of nitrogen functional groups attached to an aromatic ring is 1. The van der Waals surface area contributed by atoms with Crippen LogP contribution in [0.2, 0.25) is 0 Å². The van der Waals surface area contributed by atoms with Crippen LogP contribution in [0.4, 0.5) is 37.7 Å². The van der Waals surface area contributed by atoms with Crippen LogP contribution < -0.4 is 11.3 Å². The van der Waals surface area contributed by atoms with Crippen LogP contribution in [0.1, 0.15) is 11.3 Å². The molecule has 0 amide bonds. The minimum Gasteiger partial charge on any atom is -0.392 e. The average molecular weight is 444 g/mol. The fraction of sp³-hybridized carbons (Fsp3) is 0.111. The molecule has 1 aromatic heterocycles. The molecule has 0 spiro atoms. The number of anilines is 1. The Balaban J connectivity index is 2.47. The standard InChI is InChI=1S/C18H10F6N4O3/c19-17(20,21)9-6-7-11(12(8-9)28(30)31)15-26-14(18(22,23)24)13(25)16(29)27(15)10-4-2-1-3-5-10/h1-8H,25H2. The lowest BCUT2D eigenvalue weighted by Gasteiger charge is -2.17. The SMILES string of the molecule is Nc1c(C(F)(F)F)nc(-c2ccc(C(F)(F)F)cc2[N+](=O)[O-])n(-c2ccccc2)c1=O. The number of para-hydroxylation sites is 1. The monoisotopic (exact) mass is 444 g/mol. The first-order valence-electron chi connectivity index (χ1n) is 8.23. The van der Waals surface area contributed by atoms with Gasteiger partial charge in [0.05, 0.1) is 21.7 Å². The Bertz CT molecular complexity index is 1220. The Morgan fingerprint density at radius 2 is 1.58 bits per heavy atom. The average Bonchev–Trinajstić information content (AvgIpc) is 2.68. The van der Waals surface area contributed by atoms with E-state index in [1.54, 1.807) is 0 Å². The third kappa shape index (κ3) is 4.06. The molecule has 0 unspecified atom stereocenters. The van der Waals surface area contributed by atoms with Crippen molar-refractivity contribution in [3.8, 4) is 17.1 Å². The number of benzene rings is 2. The fourth-order valence-corrected chi connectivity index (χ4v) is 2.80. The summed E-state index contributed by atoms with van der Waals surface area (Å²) in [7, 11) is 0. The summed E-state index contributed by atoms with van der Waals surface area (Å²) in [4.78, 5) is 26.2. The van der Waals surface area contributed by atoms with Gasteiger partial charge < -0.3 is 5.73 Å². The molecule has 162 valence electrons. The summed E-state index contributed by atoms with van der Waals surface area (Å²) in [6.07, 6.45) is -10.2. The lowest BCUT2D eigenvalue weighted by Crippen LogP contribution is -2.29. The molecule has 31 heavy (non-hydrogen) atoms. The molecule has 1 heterocycles. The quantitative estimate of drug-likeness (QED) is 0.366. The van der Waals surface area contributed by atoms with Gasteiger partial charge in [-0.3, -0.25) is 19.5 Å². The van der Waals surface area contributed by atoms with E-state index in [9.17, 15) is 41.3 Å². The minimum atomic E-state index is -5.20. The molecular formula is C18H10F6N4O3. The van der Waals surface area contributed by atoms with Gasteiger partial charge in [-0.2, -0.15) is 26.3 Å². The Kier molecular flexibility index (Phi) is 5.21. The summed E-state index contributed by atoms with van der Waals surface area (Å²) < 4.78 is 79.6. The molecule has 3 aromatic rings. The van der Waals surface area contributed by atoms with Crippen LogP contribution >= 0.6 is 0 Å². The van der Waals surface area contributed by atoms with Crippen LogP contribution in [0.5, 0.6) is 0 Å². The molecule has 0 aliphatic carbocycles. The Hall–Kier alpha value is -3.90.